The molecule has 0 aliphatic carbocycles. The van der Waals surface area contributed by atoms with Crippen LogP contribution < -0.4 is 4.90 Å². The van der Waals surface area contributed by atoms with Crippen LogP contribution in [0, 0.1) is 20.8 Å². The van der Waals surface area contributed by atoms with Crippen LogP contribution in [0.2, 0.25) is 0 Å². The molecule has 2 aliphatic heterocycles. The molecule has 0 N–H and O–H groups in total. The summed E-state index contributed by atoms with van der Waals surface area (Å²) in [6.45, 7) is 12.4. The predicted octanol–water partition coefficient (Wildman–Crippen LogP) is 1.70. The third-order valence-electron chi connectivity index (χ3n) is 4.80. The van der Waals surface area contributed by atoms with Gasteiger partial charge >= 0.3 is 0 Å². The van der Waals surface area contributed by atoms with Crippen molar-refractivity contribution in [2.45, 2.75) is 39.7 Å². The number of morpholine rings is 1. The highest BCUT2D eigenvalue weighted by Gasteiger charge is 2.27. The molecule has 5 nitrogen and oxygen atoms in total. The van der Waals surface area contributed by atoms with Crippen molar-refractivity contribution in [3.05, 3.63) is 17.1 Å². The first-order valence-electron chi connectivity index (χ1n) is 8.03. The van der Waals surface area contributed by atoms with Crippen LogP contribution in [0.3, 0.4) is 0 Å². The first-order chi connectivity index (χ1) is 10.1. The van der Waals surface area contributed by atoms with Crippen molar-refractivity contribution in [3.63, 3.8) is 0 Å². The Labute approximate surface area is 127 Å². The largest absolute Gasteiger partial charge is 0.379 e. The van der Waals surface area contributed by atoms with Crippen LogP contribution in [-0.2, 0) is 4.74 Å². The van der Waals surface area contributed by atoms with E-state index in [1.807, 2.05) is 6.92 Å². The lowest BCUT2D eigenvalue weighted by molar-refractivity contribution is 0.0114. The second kappa shape index (κ2) is 6.28. The zero-order chi connectivity index (χ0) is 14.8. The maximum atomic E-state index is 5.45. The van der Waals surface area contributed by atoms with Crippen LogP contribution in [0.5, 0.6) is 0 Å². The average molecular weight is 290 g/mol. The number of hydrogen-bond acceptors (Lipinski definition) is 5. The maximum Gasteiger partial charge on any atom is 0.135 e. The third-order valence-corrected chi connectivity index (χ3v) is 4.80. The molecule has 0 unspecified atom stereocenters. The number of aryl methyl sites for hydroxylation is 2. The number of rotatable bonds is 2. The zero-order valence-corrected chi connectivity index (χ0v) is 13.4. The summed E-state index contributed by atoms with van der Waals surface area (Å²) in [5.74, 6) is 2.02. The van der Waals surface area contributed by atoms with Crippen molar-refractivity contribution in [2.24, 2.45) is 0 Å². The molecule has 0 bridgehead atoms. The van der Waals surface area contributed by atoms with Gasteiger partial charge in [0.2, 0.25) is 0 Å². The molecule has 3 heterocycles. The molecule has 3 rings (SSSR count). The number of hydrogen-bond donors (Lipinski definition) is 0. The van der Waals surface area contributed by atoms with E-state index in [1.54, 1.807) is 0 Å². The summed E-state index contributed by atoms with van der Waals surface area (Å²) in [6.07, 6.45) is 2.45. The van der Waals surface area contributed by atoms with Gasteiger partial charge in [0.25, 0.3) is 0 Å². The van der Waals surface area contributed by atoms with Crippen molar-refractivity contribution < 1.29 is 4.74 Å². The van der Waals surface area contributed by atoms with Gasteiger partial charge in [-0.1, -0.05) is 0 Å². The Morgan fingerprint density at radius 3 is 2.29 bits per heavy atom. The summed E-state index contributed by atoms with van der Waals surface area (Å²) in [4.78, 5) is 14.2. The van der Waals surface area contributed by atoms with Gasteiger partial charge in [-0.3, -0.25) is 4.90 Å². The van der Waals surface area contributed by atoms with E-state index in [9.17, 15) is 0 Å². The Kier molecular flexibility index (Phi) is 4.40. The van der Waals surface area contributed by atoms with E-state index in [1.165, 1.54) is 18.4 Å². The molecule has 2 fully saturated rings. The molecule has 0 amide bonds. The van der Waals surface area contributed by atoms with Crippen molar-refractivity contribution in [1.82, 2.24) is 14.9 Å². The summed E-state index contributed by atoms with van der Waals surface area (Å²) in [6, 6.07) is 0.717. The quantitative estimate of drug-likeness (QED) is 0.829. The molecule has 0 atom stereocenters. The topological polar surface area (TPSA) is 41.5 Å². The molecular formula is C16H26N4O. The monoisotopic (exact) mass is 290 g/mol. The standard InChI is InChI=1S/C16H26N4O/c1-12-13(2)17-14(3)18-16(12)20-6-4-15(5-7-20)19-8-10-21-11-9-19/h15H,4-11H2,1-3H3. The van der Waals surface area contributed by atoms with Gasteiger partial charge < -0.3 is 9.64 Å². The minimum atomic E-state index is 0.717. The van der Waals surface area contributed by atoms with E-state index in [0.29, 0.717) is 0 Å². The van der Waals surface area contributed by atoms with Crippen molar-refractivity contribution in [2.75, 3.05) is 44.3 Å². The lowest BCUT2D eigenvalue weighted by atomic mass is 10.0. The Hall–Kier alpha value is -1.20. The summed E-state index contributed by atoms with van der Waals surface area (Å²) >= 11 is 0. The smallest absolute Gasteiger partial charge is 0.135 e. The van der Waals surface area contributed by atoms with Gasteiger partial charge in [0.1, 0.15) is 11.6 Å². The molecule has 2 saturated heterocycles. The molecule has 1 aromatic rings. The van der Waals surface area contributed by atoms with Gasteiger partial charge in [-0.15, -0.1) is 0 Å². The molecule has 21 heavy (non-hydrogen) atoms. The molecule has 0 aromatic carbocycles. The van der Waals surface area contributed by atoms with Crippen LogP contribution >= 0.6 is 0 Å². The maximum absolute atomic E-state index is 5.45. The summed E-state index contributed by atoms with van der Waals surface area (Å²) in [7, 11) is 0. The Bertz CT molecular complexity index is 491. The van der Waals surface area contributed by atoms with E-state index >= 15 is 0 Å². The predicted molar refractivity (Wildman–Crippen MR) is 83.9 cm³/mol. The molecule has 5 heteroatoms. The Morgan fingerprint density at radius 2 is 1.62 bits per heavy atom. The van der Waals surface area contributed by atoms with Crippen molar-refractivity contribution >= 4 is 5.82 Å². The molecular weight excluding hydrogens is 264 g/mol. The fourth-order valence-corrected chi connectivity index (χ4v) is 3.44. The van der Waals surface area contributed by atoms with Gasteiger partial charge in [0, 0.05) is 43.5 Å². The van der Waals surface area contributed by atoms with Crippen LogP contribution in [-0.4, -0.2) is 60.3 Å². The molecule has 1 aromatic heterocycles. The SMILES string of the molecule is Cc1nc(C)c(C)c(N2CCC(N3CCOCC3)CC2)n1. The highest BCUT2D eigenvalue weighted by atomic mass is 16.5. The van der Waals surface area contributed by atoms with Crippen LogP contribution in [0.15, 0.2) is 0 Å². The van der Waals surface area contributed by atoms with E-state index in [4.69, 9.17) is 4.74 Å². The zero-order valence-electron chi connectivity index (χ0n) is 13.4. The number of aromatic nitrogens is 2. The molecule has 2 aliphatic rings. The van der Waals surface area contributed by atoms with Crippen LogP contribution in [0.1, 0.15) is 29.9 Å². The molecule has 116 valence electrons. The van der Waals surface area contributed by atoms with Gasteiger partial charge in [-0.2, -0.15) is 0 Å². The normalized spacial score (nSPS) is 21.8. The highest BCUT2D eigenvalue weighted by molar-refractivity contribution is 5.48. The summed E-state index contributed by atoms with van der Waals surface area (Å²) in [5, 5.41) is 0. The Balaban J connectivity index is 1.65. The van der Waals surface area contributed by atoms with Crippen LogP contribution in [0.25, 0.3) is 0 Å². The van der Waals surface area contributed by atoms with E-state index in [2.05, 4.69) is 33.6 Å². The number of anilines is 1. The second-order valence-corrected chi connectivity index (χ2v) is 6.17. The lowest BCUT2D eigenvalue weighted by Crippen LogP contribution is -2.49. The van der Waals surface area contributed by atoms with E-state index in [0.717, 1.165) is 62.8 Å². The van der Waals surface area contributed by atoms with Crippen LogP contribution in [0.4, 0.5) is 5.82 Å². The summed E-state index contributed by atoms with van der Waals surface area (Å²) in [5.41, 5.74) is 2.33. The number of nitrogens with zero attached hydrogens (tertiary/aromatic N) is 4. The molecule has 0 spiro atoms. The first kappa shape index (κ1) is 14.7. The van der Waals surface area contributed by atoms with Gasteiger partial charge in [0.05, 0.1) is 13.2 Å². The number of ether oxygens (including phenoxy) is 1. The fourth-order valence-electron chi connectivity index (χ4n) is 3.44. The third kappa shape index (κ3) is 3.19. The Morgan fingerprint density at radius 1 is 0.952 bits per heavy atom. The fraction of sp³-hybridized carbons (Fsp3) is 0.750. The van der Waals surface area contributed by atoms with Crippen molar-refractivity contribution in [3.8, 4) is 0 Å². The van der Waals surface area contributed by atoms with Gasteiger partial charge in [0.15, 0.2) is 0 Å². The van der Waals surface area contributed by atoms with Crippen molar-refractivity contribution in [1.29, 1.82) is 0 Å². The molecule has 0 saturated carbocycles. The second-order valence-electron chi connectivity index (χ2n) is 6.17. The minimum absolute atomic E-state index is 0.717. The minimum Gasteiger partial charge on any atom is -0.379 e. The number of piperidine rings is 1. The first-order valence-corrected chi connectivity index (χ1v) is 8.03. The van der Waals surface area contributed by atoms with Gasteiger partial charge in [-0.25, -0.2) is 9.97 Å². The lowest BCUT2D eigenvalue weighted by Gasteiger charge is -2.40. The molecule has 0 radical (unpaired) electrons. The average Bonchev–Trinajstić information content (AvgIpc) is 2.52. The van der Waals surface area contributed by atoms with Gasteiger partial charge in [-0.05, 0) is 33.6 Å². The summed E-state index contributed by atoms with van der Waals surface area (Å²) < 4.78 is 5.45. The highest BCUT2D eigenvalue weighted by Crippen LogP contribution is 2.25. The van der Waals surface area contributed by atoms with E-state index < -0.39 is 0 Å². The van der Waals surface area contributed by atoms with E-state index in [-0.39, 0.29) is 0 Å².